The SMILES string of the molecule is C=C(NC(=O)/C(=C/S)N(C)C(CC)(CC)NC(=O)OC(C)(C)C)C(=O)NC(=C)C(=O)OC. The third kappa shape index (κ3) is 8.29. The highest BCUT2D eigenvalue weighted by molar-refractivity contribution is 7.83. The third-order valence-electron chi connectivity index (χ3n) is 4.50. The van der Waals surface area contributed by atoms with Gasteiger partial charge in [-0.15, -0.1) is 12.6 Å². The number of hydrogen-bond acceptors (Lipinski definition) is 8. The number of hydrogen-bond donors (Lipinski definition) is 4. The number of carbonyl (C=O) groups excluding carboxylic acids is 4. The van der Waals surface area contributed by atoms with E-state index in [1.165, 1.54) is 10.3 Å². The molecule has 0 aliphatic carbocycles. The van der Waals surface area contributed by atoms with Crippen molar-refractivity contribution >= 4 is 36.5 Å². The van der Waals surface area contributed by atoms with Crippen molar-refractivity contribution in [2.45, 2.75) is 58.7 Å². The molecule has 0 rings (SSSR count). The lowest BCUT2D eigenvalue weighted by molar-refractivity contribution is -0.137. The van der Waals surface area contributed by atoms with Gasteiger partial charge in [0.2, 0.25) is 0 Å². The minimum absolute atomic E-state index is 0.0498. The molecule has 3 amide bonds. The highest BCUT2D eigenvalue weighted by Crippen LogP contribution is 2.25. The van der Waals surface area contributed by atoms with Crippen LogP contribution in [0.2, 0.25) is 0 Å². The fourth-order valence-electron chi connectivity index (χ4n) is 2.65. The molecule has 0 aromatic carbocycles. The second-order valence-corrected chi connectivity index (χ2v) is 8.05. The van der Waals surface area contributed by atoms with Crippen molar-refractivity contribution in [2.75, 3.05) is 14.2 Å². The molecule has 0 fully saturated rings. The lowest BCUT2D eigenvalue weighted by atomic mass is 10.0. The monoisotopic (exact) mass is 470 g/mol. The predicted octanol–water partition coefficient (Wildman–Crippen LogP) is 2.16. The van der Waals surface area contributed by atoms with Crippen molar-refractivity contribution in [3.63, 3.8) is 0 Å². The number of nitrogens with zero attached hydrogens (tertiary/aromatic N) is 1. The van der Waals surface area contributed by atoms with Crippen LogP contribution in [0.5, 0.6) is 0 Å². The van der Waals surface area contributed by atoms with Gasteiger partial charge in [-0.2, -0.15) is 0 Å². The molecule has 0 radical (unpaired) electrons. The molecule has 0 bridgehead atoms. The van der Waals surface area contributed by atoms with E-state index in [1.807, 2.05) is 13.8 Å². The summed E-state index contributed by atoms with van der Waals surface area (Å²) in [6.07, 6.45) is 0.216. The van der Waals surface area contributed by atoms with Crippen LogP contribution in [-0.4, -0.2) is 54.2 Å². The minimum Gasteiger partial charge on any atom is -0.464 e. The number of nitrogens with one attached hydrogen (secondary N) is 3. The lowest BCUT2D eigenvalue weighted by Gasteiger charge is -2.43. The predicted molar refractivity (Wildman–Crippen MR) is 124 cm³/mol. The maximum atomic E-state index is 12.8. The summed E-state index contributed by atoms with van der Waals surface area (Å²) in [7, 11) is 2.74. The van der Waals surface area contributed by atoms with Crippen molar-refractivity contribution in [2.24, 2.45) is 0 Å². The number of methoxy groups -OCH3 is 1. The van der Waals surface area contributed by atoms with E-state index in [2.05, 4.69) is 46.5 Å². The van der Waals surface area contributed by atoms with Crippen molar-refractivity contribution < 1.29 is 28.7 Å². The summed E-state index contributed by atoms with van der Waals surface area (Å²) in [4.78, 5) is 50.3. The van der Waals surface area contributed by atoms with Crippen LogP contribution in [0, 0.1) is 0 Å². The number of ether oxygens (including phenoxy) is 2. The molecule has 32 heavy (non-hydrogen) atoms. The Kier molecular flexibility index (Phi) is 11.1. The Balaban J connectivity index is 5.51. The first-order valence-electron chi connectivity index (χ1n) is 9.86. The van der Waals surface area contributed by atoms with Gasteiger partial charge < -0.3 is 25.0 Å². The van der Waals surface area contributed by atoms with Gasteiger partial charge in [0, 0.05) is 7.05 Å². The number of amides is 3. The second kappa shape index (κ2) is 12.2. The van der Waals surface area contributed by atoms with Gasteiger partial charge >= 0.3 is 12.1 Å². The summed E-state index contributed by atoms with van der Waals surface area (Å²) in [6.45, 7) is 15.8. The number of esters is 1. The van der Waals surface area contributed by atoms with Gasteiger partial charge in [0.1, 0.15) is 22.7 Å². The summed E-state index contributed by atoms with van der Waals surface area (Å²) in [6, 6.07) is 0. The molecule has 0 unspecified atom stereocenters. The van der Waals surface area contributed by atoms with Gasteiger partial charge in [-0.05, 0) is 39.0 Å². The quantitative estimate of drug-likeness (QED) is 0.167. The first kappa shape index (κ1) is 29.1. The Morgan fingerprint density at radius 2 is 1.50 bits per heavy atom. The summed E-state index contributed by atoms with van der Waals surface area (Å²) in [5.41, 5.74) is -2.27. The highest BCUT2D eigenvalue weighted by atomic mass is 32.1. The third-order valence-corrected chi connectivity index (χ3v) is 4.74. The normalized spacial score (nSPS) is 11.7. The maximum absolute atomic E-state index is 12.8. The van der Waals surface area contributed by atoms with Crippen LogP contribution in [0.1, 0.15) is 47.5 Å². The van der Waals surface area contributed by atoms with E-state index in [9.17, 15) is 19.2 Å². The van der Waals surface area contributed by atoms with Crippen molar-refractivity contribution in [1.29, 1.82) is 0 Å². The summed E-state index contributed by atoms with van der Waals surface area (Å²) >= 11 is 4.12. The van der Waals surface area contributed by atoms with E-state index in [0.717, 1.165) is 7.11 Å². The molecular weight excluding hydrogens is 436 g/mol. The number of alkyl carbamates (subject to hydrolysis) is 1. The van der Waals surface area contributed by atoms with Crippen LogP contribution < -0.4 is 16.0 Å². The van der Waals surface area contributed by atoms with E-state index < -0.39 is 35.1 Å². The molecule has 10 nitrogen and oxygen atoms in total. The van der Waals surface area contributed by atoms with Crippen LogP contribution in [0.4, 0.5) is 4.79 Å². The zero-order valence-electron chi connectivity index (χ0n) is 19.7. The summed E-state index contributed by atoms with van der Waals surface area (Å²) in [5, 5.41) is 8.58. The number of thiol groups is 1. The largest absolute Gasteiger partial charge is 0.464 e. The van der Waals surface area contributed by atoms with Gasteiger partial charge in [-0.25, -0.2) is 9.59 Å². The van der Waals surface area contributed by atoms with Gasteiger partial charge in [0.05, 0.1) is 12.8 Å². The number of rotatable bonds is 10. The van der Waals surface area contributed by atoms with E-state index >= 15 is 0 Å². The van der Waals surface area contributed by atoms with Crippen LogP contribution in [-0.2, 0) is 23.9 Å². The van der Waals surface area contributed by atoms with Crippen LogP contribution >= 0.6 is 12.6 Å². The zero-order valence-corrected chi connectivity index (χ0v) is 20.6. The fourth-order valence-corrected chi connectivity index (χ4v) is 2.94. The lowest BCUT2D eigenvalue weighted by Crippen LogP contribution is -2.60. The van der Waals surface area contributed by atoms with Gasteiger partial charge in [0.15, 0.2) is 0 Å². The Bertz CT molecular complexity index is 797. The molecule has 0 heterocycles. The first-order valence-corrected chi connectivity index (χ1v) is 10.4. The minimum atomic E-state index is -0.975. The van der Waals surface area contributed by atoms with Gasteiger partial charge in [-0.3, -0.25) is 14.9 Å². The van der Waals surface area contributed by atoms with Crippen LogP contribution in [0.3, 0.4) is 0 Å². The number of likely N-dealkylation sites (N-methyl/N-ethyl adjacent to an activating group) is 1. The second-order valence-electron chi connectivity index (χ2n) is 7.80. The molecule has 0 saturated heterocycles. The molecule has 0 spiro atoms. The topological polar surface area (TPSA) is 126 Å². The van der Waals surface area contributed by atoms with E-state index in [4.69, 9.17) is 4.74 Å². The molecule has 0 aliphatic heterocycles. The standard InChI is InChI=1S/C21H34N4O6S/c1-10-21(11-2,24-19(29)31-20(5,6)7)25(8)15(12-32)17(27)22-13(3)16(26)23-14(4)18(28)30-9/h12,32H,3-4,10-11H2,1-2,5-9H3,(H,22,27)(H,23,26)(H,24,29)/b15-12-. The molecular formula is C21H34N4O6S. The Morgan fingerprint density at radius 1 is 1.00 bits per heavy atom. The Hall–Kier alpha value is -2.95. The fraction of sp³-hybridized carbons (Fsp3) is 0.524. The maximum Gasteiger partial charge on any atom is 0.409 e. The molecule has 0 saturated carbocycles. The van der Waals surface area contributed by atoms with Gasteiger partial charge in [0.25, 0.3) is 11.8 Å². The molecule has 3 N–H and O–H groups in total. The molecule has 180 valence electrons. The summed E-state index contributed by atoms with van der Waals surface area (Å²) < 4.78 is 9.80. The van der Waals surface area contributed by atoms with Crippen molar-refractivity contribution in [1.82, 2.24) is 20.9 Å². The van der Waals surface area contributed by atoms with E-state index in [1.54, 1.807) is 27.8 Å². The van der Waals surface area contributed by atoms with E-state index in [0.29, 0.717) is 12.8 Å². The zero-order chi connectivity index (χ0) is 25.3. The Morgan fingerprint density at radius 3 is 1.91 bits per heavy atom. The van der Waals surface area contributed by atoms with Crippen LogP contribution in [0.25, 0.3) is 0 Å². The Labute approximate surface area is 194 Å². The smallest absolute Gasteiger partial charge is 0.409 e. The molecule has 0 atom stereocenters. The molecule has 0 aromatic heterocycles. The van der Waals surface area contributed by atoms with Crippen LogP contribution in [0.15, 0.2) is 35.7 Å². The molecule has 0 aromatic rings. The molecule has 11 heteroatoms. The molecule has 0 aliphatic rings. The highest BCUT2D eigenvalue weighted by Gasteiger charge is 2.37. The first-order chi connectivity index (χ1) is 14.7. The summed E-state index contributed by atoms with van der Waals surface area (Å²) in [5.74, 6) is -2.39. The van der Waals surface area contributed by atoms with Crippen molar-refractivity contribution in [3.8, 4) is 0 Å². The van der Waals surface area contributed by atoms with E-state index in [-0.39, 0.29) is 17.1 Å². The van der Waals surface area contributed by atoms with Gasteiger partial charge in [-0.1, -0.05) is 27.0 Å². The number of carbonyl (C=O) groups is 4. The average Bonchev–Trinajstić information content (AvgIpc) is 2.70. The average molecular weight is 471 g/mol. The van der Waals surface area contributed by atoms with Crippen molar-refractivity contribution in [3.05, 3.63) is 35.7 Å².